The Kier molecular flexibility index (Phi) is 5.59. The van der Waals surface area contributed by atoms with Crippen LogP contribution < -0.4 is 5.63 Å². The van der Waals surface area contributed by atoms with E-state index in [1.54, 1.807) is 17.0 Å². The van der Waals surface area contributed by atoms with Crippen LogP contribution in [0.3, 0.4) is 0 Å². The van der Waals surface area contributed by atoms with Crippen LogP contribution in [0.2, 0.25) is 5.02 Å². The molecule has 7 heteroatoms. The van der Waals surface area contributed by atoms with Crippen LogP contribution in [0.4, 0.5) is 0 Å². The van der Waals surface area contributed by atoms with Crippen molar-refractivity contribution in [2.45, 2.75) is 26.5 Å². The lowest BCUT2D eigenvalue weighted by atomic mass is 10.1. The molecule has 0 unspecified atom stereocenters. The number of aryl methyl sites for hydroxylation is 1. The van der Waals surface area contributed by atoms with E-state index in [1.165, 1.54) is 6.07 Å². The summed E-state index contributed by atoms with van der Waals surface area (Å²) < 4.78 is 10.7. The van der Waals surface area contributed by atoms with E-state index in [-0.39, 0.29) is 18.9 Å². The molecule has 30 heavy (non-hydrogen) atoms. The molecule has 2 heterocycles. The van der Waals surface area contributed by atoms with Crippen molar-refractivity contribution < 1.29 is 18.7 Å². The van der Waals surface area contributed by atoms with Crippen molar-refractivity contribution in [1.29, 1.82) is 0 Å². The van der Waals surface area contributed by atoms with Crippen LogP contribution in [0.5, 0.6) is 0 Å². The largest absolute Gasteiger partial charge is 0.461 e. The molecule has 0 aliphatic carbocycles. The van der Waals surface area contributed by atoms with Crippen LogP contribution in [0.25, 0.3) is 11.0 Å². The first-order valence-electron chi connectivity index (χ1n) is 9.62. The highest BCUT2D eigenvalue weighted by atomic mass is 35.5. The Hall–Kier alpha value is -3.12. The highest BCUT2D eigenvalue weighted by molar-refractivity contribution is 6.32. The maximum absolute atomic E-state index is 12.6. The zero-order chi connectivity index (χ0) is 21.3. The van der Waals surface area contributed by atoms with E-state index < -0.39 is 17.5 Å². The van der Waals surface area contributed by atoms with Crippen molar-refractivity contribution in [1.82, 2.24) is 4.90 Å². The zero-order valence-corrected chi connectivity index (χ0v) is 17.1. The molecule has 0 spiro atoms. The van der Waals surface area contributed by atoms with Crippen molar-refractivity contribution in [2.75, 3.05) is 6.54 Å². The summed E-state index contributed by atoms with van der Waals surface area (Å²) in [6, 6.07) is 14.3. The van der Waals surface area contributed by atoms with Gasteiger partial charge in [-0.25, -0.2) is 4.79 Å². The van der Waals surface area contributed by atoms with Gasteiger partial charge in [0.2, 0.25) is 5.91 Å². The second kappa shape index (κ2) is 8.32. The molecule has 1 aliphatic heterocycles. The van der Waals surface area contributed by atoms with Crippen molar-refractivity contribution in [3.8, 4) is 0 Å². The third-order valence-electron chi connectivity index (χ3n) is 5.24. The number of fused-ring (bicyclic) bond motifs is 1. The van der Waals surface area contributed by atoms with Gasteiger partial charge in [0, 0.05) is 41.5 Å². The minimum Gasteiger partial charge on any atom is -0.461 e. The Bertz CT molecular complexity index is 1170. The van der Waals surface area contributed by atoms with E-state index in [0.717, 1.165) is 11.1 Å². The van der Waals surface area contributed by atoms with E-state index in [9.17, 15) is 14.4 Å². The van der Waals surface area contributed by atoms with Crippen LogP contribution in [-0.4, -0.2) is 23.3 Å². The van der Waals surface area contributed by atoms with Crippen molar-refractivity contribution >= 4 is 34.4 Å². The monoisotopic (exact) mass is 425 g/mol. The summed E-state index contributed by atoms with van der Waals surface area (Å²) in [4.78, 5) is 38.4. The molecule has 2 aromatic carbocycles. The average molecular weight is 426 g/mol. The van der Waals surface area contributed by atoms with Crippen LogP contribution >= 0.6 is 11.6 Å². The Labute approximate surface area is 178 Å². The van der Waals surface area contributed by atoms with Crippen LogP contribution in [0.1, 0.15) is 23.1 Å². The van der Waals surface area contributed by atoms with Crippen LogP contribution in [-0.2, 0) is 27.5 Å². The van der Waals surface area contributed by atoms with Gasteiger partial charge in [-0.2, -0.15) is 0 Å². The van der Waals surface area contributed by atoms with Gasteiger partial charge in [0.15, 0.2) is 0 Å². The molecule has 1 atom stereocenters. The SMILES string of the molecule is Cc1cc2oc(=O)cc(COC(=O)[C@H]3CC(=O)N(Cc4ccccc4)C3)c2cc1Cl. The van der Waals surface area contributed by atoms with Crippen molar-refractivity contribution in [3.63, 3.8) is 0 Å². The number of carbonyl (C=O) groups excluding carboxylic acids is 2. The maximum Gasteiger partial charge on any atom is 0.336 e. The molecule has 3 aromatic rings. The van der Waals surface area contributed by atoms with Crippen molar-refractivity contribution in [2.24, 2.45) is 5.92 Å². The number of rotatable bonds is 5. The minimum atomic E-state index is -0.529. The van der Waals surface area contributed by atoms with Gasteiger partial charge in [-0.3, -0.25) is 9.59 Å². The number of nitrogens with zero attached hydrogens (tertiary/aromatic N) is 1. The molecule has 0 saturated carbocycles. The molecule has 0 radical (unpaired) electrons. The summed E-state index contributed by atoms with van der Waals surface area (Å²) >= 11 is 6.19. The molecule has 1 amide bonds. The zero-order valence-electron chi connectivity index (χ0n) is 16.4. The van der Waals surface area contributed by atoms with Gasteiger partial charge in [0.1, 0.15) is 12.2 Å². The number of carbonyl (C=O) groups is 2. The molecule has 1 fully saturated rings. The Morgan fingerprint density at radius 2 is 1.97 bits per heavy atom. The second-order valence-corrected chi connectivity index (χ2v) is 7.86. The average Bonchev–Trinajstić information content (AvgIpc) is 3.08. The van der Waals surface area contributed by atoms with Crippen LogP contribution in [0, 0.1) is 12.8 Å². The van der Waals surface area contributed by atoms with Gasteiger partial charge in [0.25, 0.3) is 0 Å². The molecular formula is C23H20ClNO5. The predicted molar refractivity (Wildman–Crippen MR) is 112 cm³/mol. The fourth-order valence-corrected chi connectivity index (χ4v) is 3.78. The number of hydrogen-bond acceptors (Lipinski definition) is 5. The Balaban J connectivity index is 1.44. The van der Waals surface area contributed by atoms with E-state index in [2.05, 4.69) is 0 Å². The Morgan fingerprint density at radius 1 is 1.20 bits per heavy atom. The van der Waals surface area contributed by atoms with E-state index >= 15 is 0 Å². The molecular weight excluding hydrogens is 406 g/mol. The minimum absolute atomic E-state index is 0.0751. The first-order chi connectivity index (χ1) is 14.4. The van der Waals surface area contributed by atoms with Gasteiger partial charge in [-0.15, -0.1) is 0 Å². The highest BCUT2D eigenvalue weighted by Gasteiger charge is 2.35. The fourth-order valence-electron chi connectivity index (χ4n) is 3.62. The summed E-state index contributed by atoms with van der Waals surface area (Å²) in [7, 11) is 0. The molecule has 154 valence electrons. The number of likely N-dealkylation sites (tertiary alicyclic amines) is 1. The lowest BCUT2D eigenvalue weighted by Gasteiger charge is -2.16. The van der Waals surface area contributed by atoms with Crippen LogP contribution in [0.15, 0.2) is 57.7 Å². The fraction of sp³-hybridized carbons (Fsp3) is 0.261. The molecule has 0 N–H and O–H groups in total. The maximum atomic E-state index is 12.6. The molecule has 0 bridgehead atoms. The Morgan fingerprint density at radius 3 is 2.73 bits per heavy atom. The highest BCUT2D eigenvalue weighted by Crippen LogP contribution is 2.26. The normalized spacial score (nSPS) is 16.3. The number of esters is 1. The number of halogens is 1. The molecule has 1 saturated heterocycles. The smallest absolute Gasteiger partial charge is 0.336 e. The summed E-state index contributed by atoms with van der Waals surface area (Å²) in [5.74, 6) is -1.06. The summed E-state index contributed by atoms with van der Waals surface area (Å²) in [6.07, 6.45) is 0.119. The lowest BCUT2D eigenvalue weighted by Crippen LogP contribution is -2.26. The third-order valence-corrected chi connectivity index (χ3v) is 5.65. The summed E-state index contributed by atoms with van der Waals surface area (Å²) in [5, 5.41) is 1.15. The lowest BCUT2D eigenvalue weighted by molar-refractivity contribution is -0.149. The number of benzene rings is 2. The molecule has 1 aromatic heterocycles. The predicted octanol–water partition coefficient (Wildman–Crippen LogP) is 3.85. The van der Waals surface area contributed by atoms with E-state index in [0.29, 0.717) is 34.6 Å². The number of ether oxygens (including phenoxy) is 1. The first kappa shape index (κ1) is 20.2. The van der Waals surface area contributed by atoms with Gasteiger partial charge in [0.05, 0.1) is 5.92 Å². The van der Waals surface area contributed by atoms with Crippen molar-refractivity contribution in [3.05, 3.63) is 80.7 Å². The quantitative estimate of drug-likeness (QED) is 0.458. The molecule has 1 aliphatic rings. The summed E-state index contributed by atoms with van der Waals surface area (Å²) in [5.41, 5.74) is 2.17. The molecule has 4 rings (SSSR count). The van der Waals surface area contributed by atoms with Gasteiger partial charge in [-0.05, 0) is 30.2 Å². The van der Waals surface area contributed by atoms with E-state index in [1.807, 2.05) is 37.3 Å². The standard InChI is InChI=1S/C23H20ClNO5/c1-14-7-20-18(10-19(14)24)17(9-22(27)30-20)13-29-23(28)16-8-21(26)25(12-16)11-15-5-3-2-4-6-15/h2-7,9-10,16H,8,11-13H2,1H3/t16-/m0/s1. The summed E-state index contributed by atoms with van der Waals surface area (Å²) in [6.45, 7) is 2.50. The number of amides is 1. The van der Waals surface area contributed by atoms with Gasteiger partial charge < -0.3 is 14.1 Å². The molecule has 6 nitrogen and oxygen atoms in total. The van der Waals surface area contributed by atoms with E-state index in [4.69, 9.17) is 20.8 Å². The van der Waals surface area contributed by atoms with Gasteiger partial charge in [-0.1, -0.05) is 41.9 Å². The topological polar surface area (TPSA) is 76.8 Å². The van der Waals surface area contributed by atoms with Gasteiger partial charge >= 0.3 is 11.6 Å². The number of hydrogen-bond donors (Lipinski definition) is 0. The third kappa shape index (κ3) is 4.24. The first-order valence-corrected chi connectivity index (χ1v) is 9.99. The second-order valence-electron chi connectivity index (χ2n) is 7.46.